The summed E-state index contributed by atoms with van der Waals surface area (Å²) >= 11 is 12.0. The van der Waals surface area contributed by atoms with Crippen LogP contribution in [0.15, 0.2) is 36.7 Å². The van der Waals surface area contributed by atoms with Crippen LogP contribution >= 0.6 is 23.2 Å². The number of aromatic nitrogens is 2. The maximum Gasteiger partial charge on any atom is 0.338 e. The zero-order chi connectivity index (χ0) is 16.7. The lowest BCUT2D eigenvalue weighted by atomic mass is 10.2. The highest BCUT2D eigenvalue weighted by molar-refractivity contribution is 6.32. The van der Waals surface area contributed by atoms with E-state index in [-0.39, 0.29) is 19.0 Å². The van der Waals surface area contributed by atoms with Crippen LogP contribution in [0.5, 0.6) is 11.5 Å². The smallest absolute Gasteiger partial charge is 0.338 e. The first-order valence-electron chi connectivity index (χ1n) is 6.99. The van der Waals surface area contributed by atoms with E-state index in [1.54, 1.807) is 35.0 Å². The molecule has 0 aliphatic carbocycles. The van der Waals surface area contributed by atoms with Crippen molar-refractivity contribution in [1.82, 2.24) is 9.38 Å². The van der Waals surface area contributed by atoms with Gasteiger partial charge in [0.2, 0.25) is 6.79 Å². The molecule has 3 aromatic rings. The fourth-order valence-electron chi connectivity index (χ4n) is 2.39. The Morgan fingerprint density at radius 2 is 2.12 bits per heavy atom. The number of carbonyl (C=O) groups excluding carboxylic acids is 1. The van der Waals surface area contributed by atoms with E-state index >= 15 is 0 Å². The van der Waals surface area contributed by atoms with Crippen LogP contribution in [0.4, 0.5) is 0 Å². The first-order chi connectivity index (χ1) is 11.6. The SMILES string of the molecule is O=C(OCc1cn2cc(Cl)ccc2n1)c1cc(Cl)c2c(c1)OCO2. The highest BCUT2D eigenvalue weighted by Gasteiger charge is 2.21. The summed E-state index contributed by atoms with van der Waals surface area (Å²) in [5.74, 6) is 0.340. The molecule has 122 valence electrons. The lowest BCUT2D eigenvalue weighted by Crippen LogP contribution is -2.05. The quantitative estimate of drug-likeness (QED) is 0.662. The molecule has 0 atom stereocenters. The topological polar surface area (TPSA) is 62.1 Å². The van der Waals surface area contributed by atoms with Crippen molar-refractivity contribution in [3.8, 4) is 11.5 Å². The number of hydrogen-bond acceptors (Lipinski definition) is 5. The molecule has 1 aliphatic rings. The van der Waals surface area contributed by atoms with E-state index in [1.165, 1.54) is 6.07 Å². The fourth-order valence-corrected chi connectivity index (χ4v) is 2.83. The van der Waals surface area contributed by atoms with Gasteiger partial charge < -0.3 is 18.6 Å². The van der Waals surface area contributed by atoms with Gasteiger partial charge in [0.1, 0.15) is 12.3 Å². The summed E-state index contributed by atoms with van der Waals surface area (Å²) in [4.78, 5) is 16.6. The predicted octanol–water partition coefficient (Wildman–Crippen LogP) is 3.73. The van der Waals surface area contributed by atoms with Gasteiger partial charge in [0.05, 0.1) is 21.3 Å². The predicted molar refractivity (Wildman–Crippen MR) is 86.9 cm³/mol. The third-order valence-corrected chi connectivity index (χ3v) is 3.98. The molecular formula is C16H10Cl2N2O4. The van der Waals surface area contributed by atoms with Crippen LogP contribution in [0.1, 0.15) is 16.1 Å². The van der Waals surface area contributed by atoms with Crippen LogP contribution < -0.4 is 9.47 Å². The van der Waals surface area contributed by atoms with Gasteiger partial charge in [0, 0.05) is 12.4 Å². The molecule has 6 nitrogen and oxygen atoms in total. The number of nitrogens with zero attached hydrogens (tertiary/aromatic N) is 2. The number of halogens is 2. The summed E-state index contributed by atoms with van der Waals surface area (Å²) in [5.41, 5.74) is 1.62. The number of hydrogen-bond donors (Lipinski definition) is 0. The fraction of sp³-hybridized carbons (Fsp3) is 0.125. The van der Waals surface area contributed by atoms with E-state index in [0.29, 0.717) is 27.2 Å². The number of benzene rings is 1. The van der Waals surface area contributed by atoms with Gasteiger partial charge in [0.25, 0.3) is 0 Å². The number of esters is 1. The van der Waals surface area contributed by atoms with Gasteiger partial charge >= 0.3 is 5.97 Å². The van der Waals surface area contributed by atoms with Gasteiger partial charge in [-0.3, -0.25) is 0 Å². The van der Waals surface area contributed by atoms with E-state index < -0.39 is 5.97 Å². The minimum Gasteiger partial charge on any atom is -0.456 e. The van der Waals surface area contributed by atoms with Gasteiger partial charge in [-0.05, 0) is 24.3 Å². The van der Waals surface area contributed by atoms with Crippen molar-refractivity contribution < 1.29 is 19.0 Å². The van der Waals surface area contributed by atoms with Crippen molar-refractivity contribution in [3.05, 3.63) is 58.0 Å². The van der Waals surface area contributed by atoms with Crippen molar-refractivity contribution in [2.45, 2.75) is 6.61 Å². The van der Waals surface area contributed by atoms with E-state index in [2.05, 4.69) is 4.98 Å². The van der Waals surface area contributed by atoms with Crippen molar-refractivity contribution >= 4 is 34.8 Å². The molecule has 0 amide bonds. The summed E-state index contributed by atoms with van der Waals surface area (Å²) < 4.78 is 17.5. The maximum atomic E-state index is 12.2. The molecule has 0 saturated carbocycles. The molecule has 0 saturated heterocycles. The van der Waals surface area contributed by atoms with Crippen LogP contribution in [0.2, 0.25) is 10.0 Å². The van der Waals surface area contributed by atoms with Gasteiger partial charge in [-0.1, -0.05) is 23.2 Å². The van der Waals surface area contributed by atoms with Crippen LogP contribution in [0.3, 0.4) is 0 Å². The summed E-state index contributed by atoms with van der Waals surface area (Å²) in [7, 11) is 0. The molecule has 8 heteroatoms. The molecule has 3 heterocycles. The molecule has 2 aromatic heterocycles. The molecule has 4 rings (SSSR count). The highest BCUT2D eigenvalue weighted by atomic mass is 35.5. The number of imidazole rings is 1. The van der Waals surface area contributed by atoms with Crippen LogP contribution in [-0.4, -0.2) is 22.1 Å². The highest BCUT2D eigenvalue weighted by Crippen LogP contribution is 2.39. The summed E-state index contributed by atoms with van der Waals surface area (Å²) in [6.07, 6.45) is 3.48. The van der Waals surface area contributed by atoms with E-state index in [4.69, 9.17) is 37.4 Å². The molecule has 1 aliphatic heterocycles. The van der Waals surface area contributed by atoms with Gasteiger partial charge in [-0.2, -0.15) is 0 Å². The zero-order valence-electron chi connectivity index (χ0n) is 12.2. The lowest BCUT2D eigenvalue weighted by Gasteiger charge is -2.05. The Morgan fingerprint density at radius 3 is 3.00 bits per heavy atom. The van der Waals surface area contributed by atoms with Crippen molar-refractivity contribution in [3.63, 3.8) is 0 Å². The monoisotopic (exact) mass is 364 g/mol. The molecule has 0 radical (unpaired) electrons. The number of rotatable bonds is 3. The standard InChI is InChI=1S/C16H10Cl2N2O4/c17-10-1-2-14-19-11(6-20(14)5-10)7-22-16(21)9-3-12(18)15-13(4-9)23-8-24-15/h1-6H,7-8H2. The van der Waals surface area contributed by atoms with Crippen molar-refractivity contribution in [1.29, 1.82) is 0 Å². The van der Waals surface area contributed by atoms with E-state index in [1.807, 2.05) is 0 Å². The molecule has 24 heavy (non-hydrogen) atoms. The largest absolute Gasteiger partial charge is 0.456 e. The third-order valence-electron chi connectivity index (χ3n) is 3.48. The first kappa shape index (κ1) is 15.1. The normalized spacial score (nSPS) is 12.6. The van der Waals surface area contributed by atoms with Crippen molar-refractivity contribution in [2.24, 2.45) is 0 Å². The number of carbonyl (C=O) groups is 1. The second-order valence-corrected chi connectivity index (χ2v) is 5.96. The summed E-state index contributed by atoms with van der Waals surface area (Å²) in [6, 6.07) is 6.56. The zero-order valence-corrected chi connectivity index (χ0v) is 13.7. The number of pyridine rings is 1. The molecular weight excluding hydrogens is 355 g/mol. The molecule has 0 unspecified atom stereocenters. The molecule has 0 spiro atoms. The third kappa shape index (κ3) is 2.74. The second-order valence-electron chi connectivity index (χ2n) is 5.11. The molecule has 0 fully saturated rings. The van der Waals surface area contributed by atoms with Crippen molar-refractivity contribution in [2.75, 3.05) is 6.79 Å². The van der Waals surface area contributed by atoms with E-state index in [9.17, 15) is 4.79 Å². The Hall–Kier alpha value is -2.44. The molecule has 1 aromatic carbocycles. The lowest BCUT2D eigenvalue weighted by molar-refractivity contribution is 0.0468. The Balaban J connectivity index is 1.50. The summed E-state index contributed by atoms with van der Waals surface area (Å²) in [5, 5.41) is 0.901. The number of ether oxygens (including phenoxy) is 3. The maximum absolute atomic E-state index is 12.2. The number of fused-ring (bicyclic) bond motifs is 2. The Labute approximate surface area is 146 Å². The summed E-state index contributed by atoms with van der Waals surface area (Å²) in [6.45, 7) is 0.113. The first-order valence-corrected chi connectivity index (χ1v) is 7.75. The van der Waals surface area contributed by atoms with Gasteiger partial charge in [-0.25, -0.2) is 9.78 Å². The van der Waals surface area contributed by atoms with Crippen LogP contribution in [0.25, 0.3) is 5.65 Å². The van der Waals surface area contributed by atoms with Crippen LogP contribution in [-0.2, 0) is 11.3 Å². The Kier molecular flexibility index (Phi) is 3.70. The average molecular weight is 365 g/mol. The van der Waals surface area contributed by atoms with E-state index in [0.717, 1.165) is 5.65 Å². The molecule has 0 bridgehead atoms. The van der Waals surface area contributed by atoms with Gasteiger partial charge in [-0.15, -0.1) is 0 Å². The second kappa shape index (κ2) is 5.89. The van der Waals surface area contributed by atoms with Crippen LogP contribution in [0, 0.1) is 0 Å². The average Bonchev–Trinajstić information content (AvgIpc) is 3.18. The minimum atomic E-state index is -0.523. The van der Waals surface area contributed by atoms with Gasteiger partial charge in [0.15, 0.2) is 11.5 Å². The molecule has 0 N–H and O–H groups in total. The minimum absolute atomic E-state index is 0.0319. The Morgan fingerprint density at radius 1 is 1.25 bits per heavy atom. The Bertz CT molecular complexity index is 955.